The fourth-order valence-corrected chi connectivity index (χ4v) is 2.31. The SMILES string of the molecule is O=C(O)Cc1ccc(-c2cccc(Cl)c2Cl)c(Cl)n1. The summed E-state index contributed by atoms with van der Waals surface area (Å²) in [6.45, 7) is 0. The largest absolute Gasteiger partial charge is 0.481 e. The van der Waals surface area contributed by atoms with E-state index in [0.29, 0.717) is 26.9 Å². The van der Waals surface area contributed by atoms with Gasteiger partial charge in [0.15, 0.2) is 0 Å². The van der Waals surface area contributed by atoms with E-state index >= 15 is 0 Å². The van der Waals surface area contributed by atoms with Crippen LogP contribution >= 0.6 is 34.8 Å². The molecule has 0 saturated heterocycles. The van der Waals surface area contributed by atoms with Gasteiger partial charge < -0.3 is 5.11 Å². The standard InChI is InChI=1S/C13H8Cl3NO2/c14-10-3-1-2-8(12(10)15)9-5-4-7(6-11(18)19)17-13(9)16/h1-5H,6H2,(H,18,19). The molecule has 2 aromatic rings. The fraction of sp³-hybridized carbons (Fsp3) is 0.0769. The summed E-state index contributed by atoms with van der Waals surface area (Å²) < 4.78 is 0. The minimum atomic E-state index is -0.961. The Hall–Kier alpha value is -1.29. The van der Waals surface area contributed by atoms with E-state index in [0.717, 1.165) is 0 Å². The quantitative estimate of drug-likeness (QED) is 0.857. The van der Waals surface area contributed by atoms with Gasteiger partial charge in [0, 0.05) is 11.1 Å². The zero-order chi connectivity index (χ0) is 14.0. The van der Waals surface area contributed by atoms with Gasteiger partial charge in [0.2, 0.25) is 0 Å². The summed E-state index contributed by atoms with van der Waals surface area (Å²) in [6.07, 6.45) is -0.177. The molecule has 6 heteroatoms. The van der Waals surface area contributed by atoms with Gasteiger partial charge >= 0.3 is 5.97 Å². The predicted molar refractivity (Wildman–Crippen MR) is 76.0 cm³/mol. The van der Waals surface area contributed by atoms with Crippen LogP contribution in [0.1, 0.15) is 5.69 Å². The Morgan fingerprint density at radius 1 is 1.11 bits per heavy atom. The van der Waals surface area contributed by atoms with Crippen LogP contribution in [0.3, 0.4) is 0 Å². The summed E-state index contributed by atoms with van der Waals surface area (Å²) in [6, 6.07) is 8.49. The molecular weight excluding hydrogens is 309 g/mol. The number of benzene rings is 1. The van der Waals surface area contributed by atoms with E-state index in [1.807, 2.05) is 0 Å². The molecule has 1 aromatic heterocycles. The van der Waals surface area contributed by atoms with Crippen molar-refractivity contribution in [1.29, 1.82) is 0 Å². The molecular formula is C13H8Cl3NO2. The summed E-state index contributed by atoms with van der Waals surface area (Å²) in [4.78, 5) is 14.7. The highest BCUT2D eigenvalue weighted by atomic mass is 35.5. The first kappa shape index (κ1) is 14.1. The Labute approximate surface area is 124 Å². The summed E-state index contributed by atoms with van der Waals surface area (Å²) in [5.41, 5.74) is 1.66. The molecule has 0 aliphatic heterocycles. The van der Waals surface area contributed by atoms with Crippen LogP contribution < -0.4 is 0 Å². The third kappa shape index (κ3) is 3.18. The summed E-state index contributed by atoms with van der Waals surface area (Å²) in [5.74, 6) is -0.961. The van der Waals surface area contributed by atoms with Gasteiger partial charge in [0.25, 0.3) is 0 Å². The zero-order valence-corrected chi connectivity index (χ0v) is 11.8. The number of halogens is 3. The van der Waals surface area contributed by atoms with E-state index in [1.54, 1.807) is 30.3 Å². The lowest BCUT2D eigenvalue weighted by Crippen LogP contribution is -2.02. The summed E-state index contributed by atoms with van der Waals surface area (Å²) in [5, 5.41) is 9.71. The third-order valence-electron chi connectivity index (χ3n) is 2.48. The highest BCUT2D eigenvalue weighted by Crippen LogP contribution is 2.36. The van der Waals surface area contributed by atoms with E-state index in [4.69, 9.17) is 39.9 Å². The van der Waals surface area contributed by atoms with Crippen molar-refractivity contribution >= 4 is 40.8 Å². The number of aliphatic carboxylic acids is 1. The molecule has 0 atom stereocenters. The normalized spacial score (nSPS) is 10.5. The van der Waals surface area contributed by atoms with Crippen molar-refractivity contribution < 1.29 is 9.90 Å². The van der Waals surface area contributed by atoms with E-state index < -0.39 is 5.97 Å². The molecule has 1 heterocycles. The molecule has 98 valence electrons. The van der Waals surface area contributed by atoms with Crippen molar-refractivity contribution in [3.05, 3.63) is 51.2 Å². The van der Waals surface area contributed by atoms with E-state index in [9.17, 15) is 4.79 Å². The van der Waals surface area contributed by atoms with Crippen LogP contribution in [0.4, 0.5) is 0 Å². The van der Waals surface area contributed by atoms with Crippen molar-refractivity contribution in [2.24, 2.45) is 0 Å². The van der Waals surface area contributed by atoms with Gasteiger partial charge in [0.05, 0.1) is 22.2 Å². The number of pyridine rings is 1. The number of carbonyl (C=O) groups is 1. The van der Waals surface area contributed by atoms with Crippen molar-refractivity contribution in [3.63, 3.8) is 0 Å². The average molecular weight is 317 g/mol. The first-order valence-corrected chi connectivity index (χ1v) is 6.44. The fourth-order valence-electron chi connectivity index (χ4n) is 1.64. The molecule has 2 rings (SSSR count). The lowest BCUT2D eigenvalue weighted by atomic mass is 10.1. The van der Waals surface area contributed by atoms with Crippen molar-refractivity contribution in [1.82, 2.24) is 4.98 Å². The molecule has 0 radical (unpaired) electrons. The lowest BCUT2D eigenvalue weighted by Gasteiger charge is -2.08. The molecule has 0 saturated carbocycles. The molecule has 0 aliphatic rings. The maximum atomic E-state index is 10.6. The van der Waals surface area contributed by atoms with Crippen LogP contribution in [0.2, 0.25) is 15.2 Å². The molecule has 0 aliphatic carbocycles. The second-order valence-corrected chi connectivity index (χ2v) is 4.96. The van der Waals surface area contributed by atoms with Crippen molar-refractivity contribution in [3.8, 4) is 11.1 Å². The summed E-state index contributed by atoms with van der Waals surface area (Å²) >= 11 is 18.1. The Balaban J connectivity index is 2.46. The predicted octanol–water partition coefficient (Wildman–Crippen LogP) is 4.34. The van der Waals surface area contributed by atoms with Gasteiger partial charge in [-0.1, -0.05) is 46.9 Å². The monoisotopic (exact) mass is 315 g/mol. The molecule has 0 fully saturated rings. The Bertz CT molecular complexity index is 644. The third-order valence-corrected chi connectivity index (χ3v) is 3.59. The first-order valence-electron chi connectivity index (χ1n) is 5.30. The smallest absolute Gasteiger partial charge is 0.309 e. The van der Waals surface area contributed by atoms with Crippen LogP contribution in [0, 0.1) is 0 Å². The number of nitrogens with zero attached hydrogens (tertiary/aromatic N) is 1. The number of rotatable bonds is 3. The number of carboxylic acid groups (broad SMARTS) is 1. The van der Waals surface area contributed by atoms with Crippen molar-refractivity contribution in [2.45, 2.75) is 6.42 Å². The van der Waals surface area contributed by atoms with E-state index in [2.05, 4.69) is 4.98 Å². The van der Waals surface area contributed by atoms with Crippen molar-refractivity contribution in [2.75, 3.05) is 0 Å². The van der Waals surface area contributed by atoms with Crippen LogP contribution in [-0.2, 0) is 11.2 Å². The molecule has 1 N–H and O–H groups in total. The second kappa shape index (κ2) is 5.78. The minimum Gasteiger partial charge on any atom is -0.481 e. The van der Waals surface area contributed by atoms with Gasteiger partial charge in [-0.05, 0) is 18.2 Å². The molecule has 1 aromatic carbocycles. The maximum absolute atomic E-state index is 10.6. The highest BCUT2D eigenvalue weighted by Gasteiger charge is 2.12. The van der Waals surface area contributed by atoms with Crippen LogP contribution in [0.25, 0.3) is 11.1 Å². The number of hydrogen-bond donors (Lipinski definition) is 1. The maximum Gasteiger partial charge on any atom is 0.309 e. The summed E-state index contributed by atoms with van der Waals surface area (Å²) in [7, 11) is 0. The lowest BCUT2D eigenvalue weighted by molar-refractivity contribution is -0.136. The molecule has 0 bridgehead atoms. The molecule has 0 spiro atoms. The highest BCUT2D eigenvalue weighted by molar-refractivity contribution is 6.44. The Kier molecular flexibility index (Phi) is 4.30. The Morgan fingerprint density at radius 2 is 1.84 bits per heavy atom. The Morgan fingerprint density at radius 3 is 2.47 bits per heavy atom. The minimum absolute atomic E-state index is 0.177. The molecule has 0 amide bonds. The second-order valence-electron chi connectivity index (χ2n) is 3.81. The number of hydrogen-bond acceptors (Lipinski definition) is 2. The van der Waals surface area contributed by atoms with Gasteiger partial charge in [0.1, 0.15) is 5.15 Å². The van der Waals surface area contributed by atoms with E-state index in [1.165, 1.54) is 0 Å². The average Bonchev–Trinajstić information content (AvgIpc) is 2.33. The van der Waals surface area contributed by atoms with Gasteiger partial charge in [-0.3, -0.25) is 4.79 Å². The van der Waals surface area contributed by atoms with Crippen LogP contribution in [-0.4, -0.2) is 16.1 Å². The topological polar surface area (TPSA) is 50.2 Å². The molecule has 3 nitrogen and oxygen atoms in total. The van der Waals surface area contributed by atoms with Gasteiger partial charge in [-0.2, -0.15) is 0 Å². The van der Waals surface area contributed by atoms with Gasteiger partial charge in [-0.15, -0.1) is 0 Å². The number of aromatic nitrogens is 1. The van der Waals surface area contributed by atoms with Crippen LogP contribution in [0.15, 0.2) is 30.3 Å². The first-order chi connectivity index (χ1) is 8.99. The zero-order valence-electron chi connectivity index (χ0n) is 9.53. The molecule has 19 heavy (non-hydrogen) atoms. The number of carboxylic acids is 1. The van der Waals surface area contributed by atoms with E-state index in [-0.39, 0.29) is 11.6 Å². The van der Waals surface area contributed by atoms with Gasteiger partial charge in [-0.25, -0.2) is 4.98 Å². The molecule has 0 unspecified atom stereocenters. The van der Waals surface area contributed by atoms with Crippen LogP contribution in [0.5, 0.6) is 0 Å².